The van der Waals surface area contributed by atoms with Gasteiger partial charge in [-0.05, 0) is 13.3 Å². The summed E-state index contributed by atoms with van der Waals surface area (Å²) in [7, 11) is 0. The number of alkyl halides is 1. The molecule has 0 amide bonds. The van der Waals surface area contributed by atoms with Crippen LogP contribution < -0.4 is 5.73 Å². The molecule has 66 valence electrons. The van der Waals surface area contributed by atoms with Crippen molar-refractivity contribution in [2.45, 2.75) is 18.9 Å². The lowest BCUT2D eigenvalue weighted by molar-refractivity contribution is -0.105. The van der Waals surface area contributed by atoms with Gasteiger partial charge in [0.15, 0.2) is 0 Å². The third-order valence-electron chi connectivity index (χ3n) is 2.08. The average molecular weight is 186 g/mol. The molecule has 0 aromatic carbocycles. The molecule has 0 fully saturated rings. The van der Waals surface area contributed by atoms with E-state index >= 15 is 0 Å². The molecule has 1 aliphatic rings. The molecule has 0 saturated heterocycles. The molecule has 0 heterocycles. The Hall–Kier alpha value is -0.600. The van der Waals surface area contributed by atoms with E-state index in [-0.39, 0.29) is 5.88 Å². The Bertz CT molecular complexity index is 257. The van der Waals surface area contributed by atoms with Crippen LogP contribution in [0.25, 0.3) is 0 Å². The second-order valence-electron chi connectivity index (χ2n) is 3.22. The molecule has 2 nitrogen and oxygen atoms in total. The molecule has 0 radical (unpaired) electrons. The van der Waals surface area contributed by atoms with Crippen molar-refractivity contribution in [3.05, 3.63) is 23.3 Å². The van der Waals surface area contributed by atoms with Gasteiger partial charge in [-0.2, -0.15) is 0 Å². The van der Waals surface area contributed by atoms with Crippen LogP contribution in [-0.2, 0) is 4.79 Å². The van der Waals surface area contributed by atoms with E-state index in [0.717, 1.165) is 11.9 Å². The van der Waals surface area contributed by atoms with Gasteiger partial charge in [-0.1, -0.05) is 17.7 Å². The monoisotopic (exact) mass is 185 g/mol. The molecule has 1 aliphatic carbocycles. The van der Waals surface area contributed by atoms with Crippen LogP contribution in [0.15, 0.2) is 23.3 Å². The van der Waals surface area contributed by atoms with E-state index in [9.17, 15) is 4.79 Å². The molecule has 1 rings (SSSR count). The summed E-state index contributed by atoms with van der Waals surface area (Å²) >= 11 is 5.71. The van der Waals surface area contributed by atoms with Crippen LogP contribution in [0, 0.1) is 0 Å². The van der Waals surface area contributed by atoms with Crippen LogP contribution in [-0.4, -0.2) is 17.7 Å². The average Bonchev–Trinajstić information content (AvgIpc) is 2.05. The van der Waals surface area contributed by atoms with Gasteiger partial charge in [0.25, 0.3) is 0 Å². The summed E-state index contributed by atoms with van der Waals surface area (Å²) in [6, 6.07) is 0. The van der Waals surface area contributed by atoms with Gasteiger partial charge in [0, 0.05) is 11.5 Å². The van der Waals surface area contributed by atoms with E-state index in [0.29, 0.717) is 12.0 Å². The maximum absolute atomic E-state index is 10.6. The zero-order valence-corrected chi connectivity index (χ0v) is 7.77. The van der Waals surface area contributed by atoms with Crippen molar-refractivity contribution in [3.8, 4) is 0 Å². The zero-order chi connectivity index (χ0) is 9.19. The van der Waals surface area contributed by atoms with Crippen molar-refractivity contribution in [1.82, 2.24) is 0 Å². The highest BCUT2D eigenvalue weighted by atomic mass is 35.5. The van der Waals surface area contributed by atoms with Crippen molar-refractivity contribution in [3.63, 3.8) is 0 Å². The summed E-state index contributed by atoms with van der Waals surface area (Å²) in [4.78, 5) is 10.6. The van der Waals surface area contributed by atoms with E-state index in [1.807, 2.05) is 13.0 Å². The fourth-order valence-corrected chi connectivity index (χ4v) is 1.59. The van der Waals surface area contributed by atoms with Crippen molar-refractivity contribution in [2.24, 2.45) is 5.73 Å². The van der Waals surface area contributed by atoms with E-state index in [1.165, 1.54) is 0 Å². The maximum atomic E-state index is 10.6. The first-order chi connectivity index (χ1) is 5.62. The predicted molar refractivity (Wildman–Crippen MR) is 50.2 cm³/mol. The molecule has 0 saturated carbocycles. The smallest absolute Gasteiger partial charge is 0.147 e. The topological polar surface area (TPSA) is 43.1 Å². The molecule has 0 spiro atoms. The fraction of sp³-hybridized carbons (Fsp3) is 0.444. The number of nitrogens with two attached hydrogens (primary N) is 1. The minimum atomic E-state index is -0.651. The Morgan fingerprint density at radius 3 is 2.92 bits per heavy atom. The highest BCUT2D eigenvalue weighted by Crippen LogP contribution is 2.26. The summed E-state index contributed by atoms with van der Waals surface area (Å²) in [5.41, 5.74) is 7.02. The van der Waals surface area contributed by atoms with Gasteiger partial charge >= 0.3 is 0 Å². The van der Waals surface area contributed by atoms with Gasteiger partial charge in [-0.3, -0.25) is 4.79 Å². The molecule has 2 N–H and O–H groups in total. The largest absolute Gasteiger partial charge is 0.320 e. The van der Waals surface area contributed by atoms with Gasteiger partial charge in [0.2, 0.25) is 0 Å². The number of halogens is 1. The quantitative estimate of drug-likeness (QED) is 0.522. The number of carbonyl (C=O) groups excluding carboxylic acids is 1. The van der Waals surface area contributed by atoms with Crippen LogP contribution in [0.3, 0.4) is 0 Å². The highest BCUT2D eigenvalue weighted by molar-refractivity contribution is 6.19. The van der Waals surface area contributed by atoms with E-state index in [4.69, 9.17) is 17.3 Å². The Balaban J connectivity index is 2.99. The minimum absolute atomic E-state index is 0.281. The van der Waals surface area contributed by atoms with Crippen molar-refractivity contribution in [1.29, 1.82) is 0 Å². The molecule has 3 heteroatoms. The van der Waals surface area contributed by atoms with Gasteiger partial charge < -0.3 is 5.73 Å². The van der Waals surface area contributed by atoms with Crippen LogP contribution in [0.2, 0.25) is 0 Å². The second kappa shape index (κ2) is 3.42. The molecule has 0 aromatic heterocycles. The number of aldehydes is 1. The van der Waals surface area contributed by atoms with Crippen molar-refractivity contribution >= 4 is 17.9 Å². The first-order valence-corrected chi connectivity index (χ1v) is 4.34. The maximum Gasteiger partial charge on any atom is 0.147 e. The first-order valence-electron chi connectivity index (χ1n) is 3.80. The van der Waals surface area contributed by atoms with Gasteiger partial charge in [0.1, 0.15) is 6.29 Å². The summed E-state index contributed by atoms with van der Waals surface area (Å²) in [6.45, 7) is 1.98. The molecular weight excluding hydrogens is 174 g/mol. The van der Waals surface area contributed by atoms with Gasteiger partial charge in [-0.25, -0.2) is 0 Å². The summed E-state index contributed by atoms with van der Waals surface area (Å²) < 4.78 is 0. The first kappa shape index (κ1) is 9.49. The molecule has 0 bridgehead atoms. The second-order valence-corrected chi connectivity index (χ2v) is 3.49. The fourth-order valence-electron chi connectivity index (χ4n) is 1.34. The Kier molecular flexibility index (Phi) is 2.70. The lowest BCUT2D eigenvalue weighted by Gasteiger charge is -2.30. The Morgan fingerprint density at radius 1 is 1.75 bits per heavy atom. The summed E-state index contributed by atoms with van der Waals surface area (Å²) in [6.07, 6.45) is 5.10. The predicted octanol–water partition coefficient (Wildman–Crippen LogP) is 1.40. The van der Waals surface area contributed by atoms with Crippen LogP contribution in [0.1, 0.15) is 13.3 Å². The molecule has 0 aromatic rings. The molecule has 1 unspecified atom stereocenters. The van der Waals surface area contributed by atoms with Crippen LogP contribution in [0.4, 0.5) is 0 Å². The molecule has 1 atom stereocenters. The van der Waals surface area contributed by atoms with E-state index < -0.39 is 5.54 Å². The molecular formula is C9H12ClNO. The van der Waals surface area contributed by atoms with Crippen molar-refractivity contribution in [2.75, 3.05) is 5.88 Å². The summed E-state index contributed by atoms with van der Waals surface area (Å²) in [5, 5.41) is 0. The third kappa shape index (κ3) is 1.59. The van der Waals surface area contributed by atoms with Gasteiger partial charge in [0.05, 0.1) is 5.54 Å². The molecule has 12 heavy (non-hydrogen) atoms. The van der Waals surface area contributed by atoms with Gasteiger partial charge in [-0.15, -0.1) is 11.6 Å². The van der Waals surface area contributed by atoms with E-state index in [2.05, 4.69) is 0 Å². The minimum Gasteiger partial charge on any atom is -0.320 e. The highest BCUT2D eigenvalue weighted by Gasteiger charge is 2.30. The van der Waals surface area contributed by atoms with E-state index in [1.54, 1.807) is 6.08 Å². The summed E-state index contributed by atoms with van der Waals surface area (Å²) in [5.74, 6) is 0.281. The Labute approximate surface area is 77.1 Å². The number of hydrogen-bond acceptors (Lipinski definition) is 2. The number of hydrogen-bond donors (Lipinski definition) is 1. The van der Waals surface area contributed by atoms with Crippen molar-refractivity contribution < 1.29 is 4.79 Å². The van der Waals surface area contributed by atoms with Crippen LogP contribution in [0.5, 0.6) is 0 Å². The van der Waals surface area contributed by atoms with Crippen LogP contribution >= 0.6 is 11.6 Å². The standard InChI is InChI=1S/C9H12ClNO/c1-7-2-3-8(5-12)9(11,4-7)6-10/h2-3,5H,4,6,11H2,1H3. The Morgan fingerprint density at radius 2 is 2.42 bits per heavy atom. The number of allylic oxidation sites excluding steroid dienone is 2. The third-order valence-corrected chi connectivity index (χ3v) is 2.56. The normalized spacial score (nSPS) is 29.2. The SMILES string of the molecule is CC1=CC=C(C=O)C(N)(CCl)C1. The molecule has 0 aliphatic heterocycles. The zero-order valence-electron chi connectivity index (χ0n) is 7.01. The lowest BCUT2D eigenvalue weighted by Crippen LogP contribution is -2.45. The number of carbonyl (C=O) groups is 1. The lowest BCUT2D eigenvalue weighted by atomic mass is 9.83. The number of rotatable bonds is 2.